The molecule has 0 saturated carbocycles. The van der Waals surface area contributed by atoms with Gasteiger partial charge >= 0.3 is 0 Å². The number of halogens is 1. The molecule has 8 heteroatoms. The van der Waals surface area contributed by atoms with Gasteiger partial charge in [0.2, 0.25) is 5.91 Å². The minimum Gasteiger partial charge on any atom is -0.507 e. The quantitative estimate of drug-likeness (QED) is 0.332. The van der Waals surface area contributed by atoms with E-state index in [1.807, 2.05) is 65.2 Å². The van der Waals surface area contributed by atoms with Crippen molar-refractivity contribution in [2.24, 2.45) is 0 Å². The third kappa shape index (κ3) is 5.38. The van der Waals surface area contributed by atoms with Crippen molar-refractivity contribution >= 4 is 33.6 Å². The minimum absolute atomic E-state index is 0.0691. The lowest BCUT2D eigenvalue weighted by atomic mass is 10.1. The largest absolute Gasteiger partial charge is 0.507 e. The summed E-state index contributed by atoms with van der Waals surface area (Å²) in [5.41, 5.74) is 2.58. The van der Waals surface area contributed by atoms with E-state index >= 15 is 0 Å². The van der Waals surface area contributed by atoms with Crippen LogP contribution in [-0.4, -0.2) is 38.1 Å². The summed E-state index contributed by atoms with van der Waals surface area (Å²) in [6, 6.07) is 24.9. The van der Waals surface area contributed by atoms with Crippen LogP contribution in [0.3, 0.4) is 0 Å². The van der Waals surface area contributed by atoms with Crippen molar-refractivity contribution in [1.29, 1.82) is 0 Å². The SMILES string of the molecule is O=C(CSc1nnc(-c2cc(Br)ccc2O)n1-c1ccccc1)NCCc1ccccc1. The van der Waals surface area contributed by atoms with Crippen LogP contribution < -0.4 is 5.32 Å². The maximum atomic E-state index is 12.4. The monoisotopic (exact) mass is 508 g/mol. The van der Waals surface area contributed by atoms with Crippen LogP contribution in [0.4, 0.5) is 0 Å². The van der Waals surface area contributed by atoms with Gasteiger partial charge in [0.25, 0.3) is 0 Å². The first-order valence-electron chi connectivity index (χ1n) is 10.0. The Labute approximate surface area is 198 Å². The van der Waals surface area contributed by atoms with Gasteiger partial charge in [-0.15, -0.1) is 10.2 Å². The molecule has 4 rings (SSSR count). The van der Waals surface area contributed by atoms with Gasteiger partial charge in [-0.3, -0.25) is 9.36 Å². The van der Waals surface area contributed by atoms with Gasteiger partial charge in [-0.25, -0.2) is 0 Å². The van der Waals surface area contributed by atoms with Gasteiger partial charge in [0.05, 0.1) is 11.3 Å². The van der Waals surface area contributed by atoms with E-state index in [-0.39, 0.29) is 17.4 Å². The zero-order chi connectivity index (χ0) is 22.3. The highest BCUT2D eigenvalue weighted by Gasteiger charge is 2.19. The molecular formula is C24H21BrN4O2S. The van der Waals surface area contributed by atoms with Gasteiger partial charge in [-0.2, -0.15) is 0 Å². The number of carbonyl (C=O) groups excluding carboxylic acids is 1. The van der Waals surface area contributed by atoms with E-state index in [0.29, 0.717) is 23.1 Å². The summed E-state index contributed by atoms with van der Waals surface area (Å²) < 4.78 is 2.67. The van der Waals surface area contributed by atoms with Crippen LogP contribution in [0.5, 0.6) is 5.75 Å². The first-order chi connectivity index (χ1) is 15.6. The van der Waals surface area contributed by atoms with Gasteiger partial charge in [0.1, 0.15) is 5.75 Å². The standard InChI is InChI=1S/C24H21BrN4O2S/c25-18-11-12-21(30)20(15-18)23-27-28-24(29(23)19-9-5-2-6-10-19)32-16-22(31)26-14-13-17-7-3-1-4-8-17/h1-12,15,30H,13-14,16H2,(H,26,31). The number of para-hydroxylation sites is 1. The Morgan fingerprint density at radius 3 is 2.47 bits per heavy atom. The molecule has 0 aliphatic carbocycles. The van der Waals surface area contributed by atoms with E-state index < -0.39 is 0 Å². The number of phenolic OH excluding ortho intramolecular Hbond substituents is 1. The number of aromatic hydroxyl groups is 1. The van der Waals surface area contributed by atoms with E-state index in [2.05, 4.69) is 31.4 Å². The molecule has 0 aliphatic rings. The van der Waals surface area contributed by atoms with Crippen LogP contribution in [0.2, 0.25) is 0 Å². The fourth-order valence-corrected chi connectivity index (χ4v) is 4.35. The highest BCUT2D eigenvalue weighted by atomic mass is 79.9. The Morgan fingerprint density at radius 2 is 1.72 bits per heavy atom. The number of hydrogen-bond donors (Lipinski definition) is 2. The Hall–Kier alpha value is -3.10. The molecule has 0 spiro atoms. The fourth-order valence-electron chi connectivity index (χ4n) is 3.21. The highest BCUT2D eigenvalue weighted by Crippen LogP contribution is 2.34. The first-order valence-corrected chi connectivity index (χ1v) is 11.8. The van der Waals surface area contributed by atoms with E-state index in [1.165, 1.54) is 17.3 Å². The lowest BCUT2D eigenvalue weighted by Crippen LogP contribution is -2.27. The summed E-state index contributed by atoms with van der Waals surface area (Å²) in [7, 11) is 0. The number of benzene rings is 3. The molecule has 162 valence electrons. The molecule has 0 bridgehead atoms. The second kappa shape index (κ2) is 10.5. The lowest BCUT2D eigenvalue weighted by Gasteiger charge is -2.11. The summed E-state index contributed by atoms with van der Waals surface area (Å²) in [5.74, 6) is 0.750. The molecule has 2 N–H and O–H groups in total. The Kier molecular flexibility index (Phi) is 7.24. The van der Waals surface area contributed by atoms with Crippen LogP contribution in [0.25, 0.3) is 17.1 Å². The molecule has 1 amide bonds. The van der Waals surface area contributed by atoms with Crippen LogP contribution >= 0.6 is 27.7 Å². The number of amides is 1. The van der Waals surface area contributed by atoms with E-state index in [9.17, 15) is 9.90 Å². The van der Waals surface area contributed by atoms with Crippen molar-refractivity contribution in [3.05, 3.63) is 88.9 Å². The van der Waals surface area contributed by atoms with Crippen molar-refractivity contribution in [2.75, 3.05) is 12.3 Å². The highest BCUT2D eigenvalue weighted by molar-refractivity contribution is 9.10. The second-order valence-electron chi connectivity index (χ2n) is 7.01. The van der Waals surface area contributed by atoms with Crippen molar-refractivity contribution in [2.45, 2.75) is 11.6 Å². The predicted molar refractivity (Wildman–Crippen MR) is 130 cm³/mol. The van der Waals surface area contributed by atoms with E-state index in [4.69, 9.17) is 0 Å². The van der Waals surface area contributed by atoms with Crippen molar-refractivity contribution in [3.63, 3.8) is 0 Å². The molecule has 1 heterocycles. The number of phenols is 1. The summed E-state index contributed by atoms with van der Waals surface area (Å²) in [5, 5.41) is 22.6. The molecular weight excluding hydrogens is 488 g/mol. The third-order valence-corrected chi connectivity index (χ3v) is 6.18. The van der Waals surface area contributed by atoms with Crippen molar-refractivity contribution in [1.82, 2.24) is 20.1 Å². The zero-order valence-corrected chi connectivity index (χ0v) is 19.5. The summed E-state index contributed by atoms with van der Waals surface area (Å²) in [6.07, 6.45) is 0.782. The molecule has 32 heavy (non-hydrogen) atoms. The van der Waals surface area contributed by atoms with Crippen LogP contribution in [0, 0.1) is 0 Å². The number of hydrogen-bond acceptors (Lipinski definition) is 5. The van der Waals surface area contributed by atoms with Crippen molar-refractivity contribution < 1.29 is 9.90 Å². The van der Waals surface area contributed by atoms with Crippen LogP contribution in [0.1, 0.15) is 5.56 Å². The molecule has 4 aromatic rings. The lowest BCUT2D eigenvalue weighted by molar-refractivity contribution is -0.118. The van der Waals surface area contributed by atoms with Crippen LogP contribution in [-0.2, 0) is 11.2 Å². The molecule has 3 aromatic carbocycles. The van der Waals surface area contributed by atoms with E-state index in [0.717, 1.165) is 16.6 Å². The zero-order valence-electron chi connectivity index (χ0n) is 17.1. The number of nitrogens with zero attached hydrogens (tertiary/aromatic N) is 3. The van der Waals surface area contributed by atoms with Gasteiger partial charge < -0.3 is 10.4 Å². The van der Waals surface area contributed by atoms with E-state index in [1.54, 1.807) is 18.2 Å². The number of carbonyl (C=O) groups is 1. The molecule has 0 saturated heterocycles. The number of rotatable bonds is 8. The maximum absolute atomic E-state index is 12.4. The van der Waals surface area contributed by atoms with Crippen LogP contribution in [0.15, 0.2) is 88.5 Å². The normalized spacial score (nSPS) is 10.8. The molecule has 0 unspecified atom stereocenters. The average Bonchev–Trinajstić information content (AvgIpc) is 3.24. The number of thioether (sulfide) groups is 1. The number of aromatic nitrogens is 3. The maximum Gasteiger partial charge on any atom is 0.230 e. The third-order valence-electron chi connectivity index (χ3n) is 4.76. The van der Waals surface area contributed by atoms with Crippen molar-refractivity contribution in [3.8, 4) is 22.8 Å². The molecule has 0 aliphatic heterocycles. The topological polar surface area (TPSA) is 80.0 Å². The Balaban J connectivity index is 1.51. The first kappa shape index (κ1) is 22.1. The molecule has 0 fully saturated rings. The van der Waals surface area contributed by atoms with Gasteiger partial charge in [0.15, 0.2) is 11.0 Å². The van der Waals surface area contributed by atoms with Gasteiger partial charge in [-0.05, 0) is 42.3 Å². The molecule has 6 nitrogen and oxygen atoms in total. The summed E-state index contributed by atoms with van der Waals surface area (Å²) in [6.45, 7) is 0.575. The molecule has 1 aromatic heterocycles. The smallest absolute Gasteiger partial charge is 0.230 e. The second-order valence-corrected chi connectivity index (χ2v) is 8.87. The van der Waals surface area contributed by atoms with Gasteiger partial charge in [0, 0.05) is 16.7 Å². The molecule has 0 radical (unpaired) electrons. The summed E-state index contributed by atoms with van der Waals surface area (Å²) in [4.78, 5) is 12.4. The summed E-state index contributed by atoms with van der Waals surface area (Å²) >= 11 is 4.75. The fraction of sp³-hybridized carbons (Fsp3) is 0.125. The minimum atomic E-state index is -0.0691. The predicted octanol–water partition coefficient (Wildman–Crippen LogP) is 4.85. The number of nitrogens with one attached hydrogen (secondary N) is 1. The Bertz CT molecular complexity index is 1200. The Morgan fingerprint density at radius 1 is 1.00 bits per heavy atom. The molecule has 0 atom stereocenters. The average molecular weight is 509 g/mol. The van der Waals surface area contributed by atoms with Gasteiger partial charge in [-0.1, -0.05) is 76.2 Å².